The molecule has 0 aliphatic carbocycles. The standard InChI is InChI=1S/C24H20N4/c1-15-8-9-22-20(10-15)19-6-4-5-7-21(19)28(22)23-16(2)11-18(12-17(23)3)24-26-13-25-14-27-24/h4-14H,1-3H3. The van der Waals surface area contributed by atoms with Crippen molar-refractivity contribution >= 4 is 21.8 Å². The van der Waals surface area contributed by atoms with E-state index in [1.165, 1.54) is 56.8 Å². The molecular weight excluding hydrogens is 344 g/mol. The first-order chi connectivity index (χ1) is 13.6. The molecule has 0 unspecified atom stereocenters. The van der Waals surface area contributed by atoms with Gasteiger partial charge in [0.15, 0.2) is 5.82 Å². The Hall–Kier alpha value is -3.53. The fourth-order valence-electron chi connectivity index (χ4n) is 4.15. The van der Waals surface area contributed by atoms with E-state index < -0.39 is 0 Å². The van der Waals surface area contributed by atoms with Gasteiger partial charge in [-0.1, -0.05) is 29.8 Å². The van der Waals surface area contributed by atoms with Crippen molar-refractivity contribution < 1.29 is 0 Å². The Morgan fingerprint density at radius 3 is 2.14 bits per heavy atom. The molecule has 0 spiro atoms. The lowest BCUT2D eigenvalue weighted by Gasteiger charge is -2.16. The minimum Gasteiger partial charge on any atom is -0.309 e. The third-order valence-corrected chi connectivity index (χ3v) is 5.29. The number of aryl methyl sites for hydroxylation is 3. The SMILES string of the molecule is Cc1ccc2c(c1)c1ccccc1n2-c1c(C)cc(-c2ncncn2)cc1C. The second kappa shape index (κ2) is 6.27. The van der Waals surface area contributed by atoms with Gasteiger partial charge in [0.1, 0.15) is 12.7 Å². The van der Waals surface area contributed by atoms with Gasteiger partial charge in [-0.2, -0.15) is 0 Å². The van der Waals surface area contributed by atoms with E-state index in [0.29, 0.717) is 5.82 Å². The molecule has 0 saturated heterocycles. The molecule has 0 aliphatic rings. The van der Waals surface area contributed by atoms with E-state index in [1.807, 2.05) is 0 Å². The van der Waals surface area contributed by atoms with Crippen LogP contribution < -0.4 is 0 Å². The van der Waals surface area contributed by atoms with E-state index in [9.17, 15) is 0 Å². The molecule has 136 valence electrons. The van der Waals surface area contributed by atoms with Crippen molar-refractivity contribution in [1.29, 1.82) is 0 Å². The fourth-order valence-corrected chi connectivity index (χ4v) is 4.15. The Labute approximate surface area is 163 Å². The van der Waals surface area contributed by atoms with E-state index in [-0.39, 0.29) is 0 Å². The van der Waals surface area contributed by atoms with Gasteiger partial charge in [0, 0.05) is 16.3 Å². The molecule has 0 aliphatic heterocycles. The molecule has 2 aromatic heterocycles. The smallest absolute Gasteiger partial charge is 0.162 e. The second-order valence-corrected chi connectivity index (χ2v) is 7.29. The van der Waals surface area contributed by atoms with E-state index in [0.717, 1.165) is 5.56 Å². The van der Waals surface area contributed by atoms with Gasteiger partial charge >= 0.3 is 0 Å². The molecule has 0 fully saturated rings. The quantitative estimate of drug-likeness (QED) is 0.412. The number of hydrogen-bond donors (Lipinski definition) is 0. The molecule has 3 aromatic carbocycles. The van der Waals surface area contributed by atoms with Gasteiger partial charge in [-0.05, 0) is 62.2 Å². The van der Waals surface area contributed by atoms with Crippen molar-refractivity contribution in [2.45, 2.75) is 20.8 Å². The highest BCUT2D eigenvalue weighted by atomic mass is 15.0. The molecule has 0 N–H and O–H groups in total. The second-order valence-electron chi connectivity index (χ2n) is 7.29. The first-order valence-electron chi connectivity index (χ1n) is 9.37. The maximum atomic E-state index is 4.30. The van der Waals surface area contributed by atoms with E-state index in [4.69, 9.17) is 0 Å². The lowest BCUT2D eigenvalue weighted by molar-refractivity contribution is 1.05. The number of nitrogens with zero attached hydrogens (tertiary/aromatic N) is 4. The number of fused-ring (bicyclic) bond motifs is 3. The van der Waals surface area contributed by atoms with E-state index in [2.05, 4.69) is 94.9 Å². The minimum atomic E-state index is 0.700. The van der Waals surface area contributed by atoms with Crippen LogP contribution in [0.4, 0.5) is 0 Å². The van der Waals surface area contributed by atoms with Crippen molar-refractivity contribution in [3.05, 3.63) is 83.9 Å². The summed E-state index contributed by atoms with van der Waals surface area (Å²) >= 11 is 0. The monoisotopic (exact) mass is 364 g/mol. The number of aromatic nitrogens is 4. The average Bonchev–Trinajstić information content (AvgIpc) is 3.02. The summed E-state index contributed by atoms with van der Waals surface area (Å²) in [5.41, 5.74) is 8.34. The van der Waals surface area contributed by atoms with Crippen LogP contribution >= 0.6 is 0 Å². The van der Waals surface area contributed by atoms with Crippen LogP contribution in [0.3, 0.4) is 0 Å². The van der Waals surface area contributed by atoms with Gasteiger partial charge in [0.25, 0.3) is 0 Å². The Balaban J connectivity index is 1.83. The highest BCUT2D eigenvalue weighted by Gasteiger charge is 2.16. The van der Waals surface area contributed by atoms with Crippen molar-refractivity contribution in [2.24, 2.45) is 0 Å². The van der Waals surface area contributed by atoms with Gasteiger partial charge in [-0.15, -0.1) is 0 Å². The van der Waals surface area contributed by atoms with E-state index >= 15 is 0 Å². The van der Waals surface area contributed by atoms with Crippen molar-refractivity contribution in [2.75, 3.05) is 0 Å². The van der Waals surface area contributed by atoms with Crippen molar-refractivity contribution in [1.82, 2.24) is 19.5 Å². The average molecular weight is 364 g/mol. The van der Waals surface area contributed by atoms with Crippen LogP contribution in [0.25, 0.3) is 38.9 Å². The molecule has 2 heterocycles. The summed E-state index contributed by atoms with van der Waals surface area (Å²) in [5.74, 6) is 0.700. The summed E-state index contributed by atoms with van der Waals surface area (Å²) < 4.78 is 2.38. The normalized spacial score (nSPS) is 11.4. The predicted molar refractivity (Wildman–Crippen MR) is 114 cm³/mol. The van der Waals surface area contributed by atoms with Gasteiger partial charge in [0.2, 0.25) is 0 Å². The number of benzene rings is 3. The first kappa shape index (κ1) is 16.6. The number of rotatable bonds is 2. The van der Waals surface area contributed by atoms with Crippen LogP contribution in [0.15, 0.2) is 67.3 Å². The summed E-state index contributed by atoms with van der Waals surface area (Å²) in [6.07, 6.45) is 3.08. The fraction of sp³-hybridized carbons (Fsp3) is 0.125. The lowest BCUT2D eigenvalue weighted by Crippen LogP contribution is -2.01. The summed E-state index contributed by atoms with van der Waals surface area (Å²) in [7, 11) is 0. The van der Waals surface area contributed by atoms with Crippen LogP contribution in [-0.4, -0.2) is 19.5 Å². The number of para-hydroxylation sites is 1. The molecule has 0 radical (unpaired) electrons. The molecule has 28 heavy (non-hydrogen) atoms. The molecular formula is C24H20N4. The highest BCUT2D eigenvalue weighted by Crippen LogP contribution is 2.35. The molecule has 5 rings (SSSR count). The largest absolute Gasteiger partial charge is 0.309 e. The van der Waals surface area contributed by atoms with Crippen molar-refractivity contribution in [3.8, 4) is 17.1 Å². The van der Waals surface area contributed by atoms with Gasteiger partial charge in [-0.3, -0.25) is 0 Å². The zero-order valence-electron chi connectivity index (χ0n) is 16.1. The third-order valence-electron chi connectivity index (χ3n) is 5.29. The highest BCUT2D eigenvalue weighted by molar-refractivity contribution is 6.09. The molecule has 0 bridgehead atoms. The Morgan fingerprint density at radius 2 is 1.39 bits per heavy atom. The summed E-state index contributed by atoms with van der Waals surface area (Å²) in [5, 5.41) is 2.57. The van der Waals surface area contributed by atoms with Crippen LogP contribution in [0, 0.1) is 20.8 Å². The zero-order valence-corrected chi connectivity index (χ0v) is 16.1. The maximum Gasteiger partial charge on any atom is 0.162 e. The Bertz CT molecular complexity index is 1310. The predicted octanol–water partition coefficient (Wildman–Crippen LogP) is 5.56. The third kappa shape index (κ3) is 2.49. The maximum absolute atomic E-state index is 4.30. The summed E-state index contributed by atoms with van der Waals surface area (Å²) in [6.45, 7) is 6.45. The van der Waals surface area contributed by atoms with Gasteiger partial charge in [-0.25, -0.2) is 15.0 Å². The van der Waals surface area contributed by atoms with Crippen LogP contribution in [-0.2, 0) is 0 Å². The van der Waals surface area contributed by atoms with Crippen molar-refractivity contribution in [3.63, 3.8) is 0 Å². The van der Waals surface area contributed by atoms with Gasteiger partial charge in [0.05, 0.1) is 16.7 Å². The molecule has 0 saturated carbocycles. The Morgan fingerprint density at radius 1 is 0.714 bits per heavy atom. The van der Waals surface area contributed by atoms with Crippen LogP contribution in [0.5, 0.6) is 0 Å². The summed E-state index contributed by atoms with van der Waals surface area (Å²) in [4.78, 5) is 12.5. The van der Waals surface area contributed by atoms with Crippen LogP contribution in [0.2, 0.25) is 0 Å². The summed E-state index contributed by atoms with van der Waals surface area (Å²) in [6, 6.07) is 19.6. The minimum absolute atomic E-state index is 0.700. The molecule has 0 atom stereocenters. The molecule has 0 amide bonds. The zero-order chi connectivity index (χ0) is 19.3. The number of hydrogen-bond acceptors (Lipinski definition) is 3. The van der Waals surface area contributed by atoms with Crippen LogP contribution in [0.1, 0.15) is 16.7 Å². The topological polar surface area (TPSA) is 43.6 Å². The van der Waals surface area contributed by atoms with Gasteiger partial charge < -0.3 is 4.57 Å². The first-order valence-corrected chi connectivity index (χ1v) is 9.37. The molecule has 4 nitrogen and oxygen atoms in total. The lowest BCUT2D eigenvalue weighted by atomic mass is 10.0. The Kier molecular flexibility index (Phi) is 3.72. The van der Waals surface area contributed by atoms with E-state index in [1.54, 1.807) is 0 Å². The molecule has 4 heteroatoms. The molecule has 5 aromatic rings.